The third-order valence-corrected chi connectivity index (χ3v) is 4.41. The summed E-state index contributed by atoms with van der Waals surface area (Å²) in [7, 11) is 3.23. The molecule has 0 radical (unpaired) electrons. The fourth-order valence-corrected chi connectivity index (χ4v) is 2.86. The molecule has 18 heavy (non-hydrogen) atoms. The quantitative estimate of drug-likeness (QED) is 0.923. The Morgan fingerprint density at radius 3 is 2.28 bits per heavy atom. The van der Waals surface area contributed by atoms with Crippen molar-refractivity contribution >= 4 is 15.9 Å². The first-order chi connectivity index (χ1) is 8.40. The van der Waals surface area contributed by atoms with Crippen LogP contribution in [-0.4, -0.2) is 19.3 Å². The monoisotopic (exact) mass is 314 g/mol. The Morgan fingerprint density at radius 2 is 1.83 bits per heavy atom. The van der Waals surface area contributed by atoms with Gasteiger partial charge in [0.25, 0.3) is 0 Å². The zero-order valence-corrected chi connectivity index (χ0v) is 12.7. The van der Waals surface area contributed by atoms with E-state index >= 15 is 0 Å². The summed E-state index contributed by atoms with van der Waals surface area (Å²) in [5.41, 5.74) is 1.01. The van der Waals surface area contributed by atoms with Crippen molar-refractivity contribution in [2.24, 2.45) is 11.3 Å². The average Bonchev–Trinajstić information content (AvgIpc) is 2.97. The van der Waals surface area contributed by atoms with Crippen LogP contribution in [0.3, 0.4) is 0 Å². The van der Waals surface area contributed by atoms with E-state index in [1.54, 1.807) is 14.2 Å². The van der Waals surface area contributed by atoms with Gasteiger partial charge in [0, 0.05) is 5.56 Å². The van der Waals surface area contributed by atoms with Crippen LogP contribution >= 0.6 is 15.9 Å². The first kappa shape index (κ1) is 13.7. The number of benzene rings is 1. The van der Waals surface area contributed by atoms with Crippen LogP contribution in [0, 0.1) is 11.3 Å². The third-order valence-electron chi connectivity index (χ3n) is 3.79. The molecule has 3 nitrogen and oxygen atoms in total. The summed E-state index contributed by atoms with van der Waals surface area (Å²) in [5.74, 6) is 1.69. The Balaban J connectivity index is 2.36. The fraction of sp³-hybridized carbons (Fsp3) is 0.571. The van der Waals surface area contributed by atoms with Crippen LogP contribution < -0.4 is 9.47 Å². The second-order valence-electron chi connectivity index (χ2n) is 5.47. The molecule has 0 bridgehead atoms. The summed E-state index contributed by atoms with van der Waals surface area (Å²) in [5, 5.41) is 10.5. The highest BCUT2D eigenvalue weighted by atomic mass is 79.9. The Kier molecular flexibility index (Phi) is 3.60. The molecule has 2 atom stereocenters. The van der Waals surface area contributed by atoms with Gasteiger partial charge in [0.15, 0.2) is 0 Å². The molecule has 1 saturated carbocycles. The van der Waals surface area contributed by atoms with Crippen molar-refractivity contribution in [2.45, 2.75) is 26.4 Å². The fourth-order valence-electron chi connectivity index (χ4n) is 2.38. The van der Waals surface area contributed by atoms with Gasteiger partial charge < -0.3 is 14.6 Å². The maximum atomic E-state index is 10.5. The highest BCUT2D eigenvalue weighted by Crippen LogP contribution is 2.58. The van der Waals surface area contributed by atoms with Crippen molar-refractivity contribution < 1.29 is 14.6 Å². The van der Waals surface area contributed by atoms with Crippen LogP contribution in [0.5, 0.6) is 11.5 Å². The SMILES string of the molecule is COc1cc(C(O)C2CC2(C)C)c(OC)cc1Br. The van der Waals surface area contributed by atoms with Gasteiger partial charge in [0.2, 0.25) is 0 Å². The predicted octanol–water partition coefficient (Wildman–Crippen LogP) is 3.55. The minimum atomic E-state index is -0.503. The summed E-state index contributed by atoms with van der Waals surface area (Å²) in [6, 6.07) is 3.69. The zero-order valence-electron chi connectivity index (χ0n) is 11.2. The molecule has 0 amide bonds. The zero-order chi connectivity index (χ0) is 13.5. The third kappa shape index (κ3) is 2.36. The van der Waals surface area contributed by atoms with Gasteiger partial charge in [-0.3, -0.25) is 0 Å². The van der Waals surface area contributed by atoms with Crippen molar-refractivity contribution in [1.29, 1.82) is 0 Å². The average molecular weight is 315 g/mol. The lowest BCUT2D eigenvalue weighted by atomic mass is 9.98. The van der Waals surface area contributed by atoms with E-state index in [-0.39, 0.29) is 11.3 Å². The molecular weight excluding hydrogens is 296 g/mol. The summed E-state index contributed by atoms with van der Waals surface area (Å²) >= 11 is 3.42. The molecule has 0 spiro atoms. The molecule has 0 heterocycles. The number of aliphatic hydroxyl groups excluding tert-OH is 1. The number of aliphatic hydroxyl groups is 1. The molecule has 2 unspecified atom stereocenters. The van der Waals surface area contributed by atoms with Crippen molar-refractivity contribution in [3.05, 3.63) is 22.2 Å². The van der Waals surface area contributed by atoms with Crippen molar-refractivity contribution in [2.75, 3.05) is 14.2 Å². The lowest BCUT2D eigenvalue weighted by Crippen LogP contribution is -2.07. The van der Waals surface area contributed by atoms with Crippen molar-refractivity contribution in [3.63, 3.8) is 0 Å². The highest BCUT2D eigenvalue weighted by Gasteiger charge is 2.50. The maximum absolute atomic E-state index is 10.5. The van der Waals surface area contributed by atoms with E-state index in [0.29, 0.717) is 11.5 Å². The van der Waals surface area contributed by atoms with Crippen molar-refractivity contribution in [1.82, 2.24) is 0 Å². The summed E-state index contributed by atoms with van der Waals surface area (Å²) < 4.78 is 11.4. The molecule has 0 aliphatic heterocycles. The number of hydrogen-bond acceptors (Lipinski definition) is 3. The summed E-state index contributed by atoms with van der Waals surface area (Å²) in [6.45, 7) is 4.34. The first-order valence-electron chi connectivity index (χ1n) is 6.00. The minimum absolute atomic E-state index is 0.213. The molecule has 1 N–H and O–H groups in total. The van der Waals surface area contributed by atoms with Gasteiger partial charge in [0.1, 0.15) is 11.5 Å². The molecule has 2 rings (SSSR count). The molecular formula is C14H19BrO3. The molecule has 1 aliphatic carbocycles. The smallest absolute Gasteiger partial charge is 0.133 e. The van der Waals surface area contributed by atoms with E-state index in [4.69, 9.17) is 9.47 Å². The Labute approximate surface area is 116 Å². The summed E-state index contributed by atoms with van der Waals surface area (Å²) in [6.07, 6.45) is 0.535. The molecule has 1 aromatic rings. The molecule has 1 aromatic carbocycles. The molecule has 0 aromatic heterocycles. The molecule has 1 aliphatic rings. The van der Waals surface area contributed by atoms with Gasteiger partial charge in [-0.1, -0.05) is 13.8 Å². The molecule has 100 valence electrons. The topological polar surface area (TPSA) is 38.7 Å². The number of methoxy groups -OCH3 is 2. The van der Waals surface area contributed by atoms with Gasteiger partial charge in [-0.25, -0.2) is 0 Å². The summed E-state index contributed by atoms with van der Waals surface area (Å²) in [4.78, 5) is 0. The van der Waals surface area contributed by atoms with E-state index < -0.39 is 6.10 Å². The van der Waals surface area contributed by atoms with Gasteiger partial charge in [-0.15, -0.1) is 0 Å². The second kappa shape index (κ2) is 4.74. The predicted molar refractivity (Wildman–Crippen MR) is 74.1 cm³/mol. The van der Waals surface area contributed by atoms with Crippen LogP contribution in [0.1, 0.15) is 31.9 Å². The Hall–Kier alpha value is -0.740. The number of halogens is 1. The van der Waals surface area contributed by atoms with Crippen LogP contribution in [0.25, 0.3) is 0 Å². The maximum Gasteiger partial charge on any atom is 0.133 e. The van der Waals surface area contributed by atoms with E-state index in [2.05, 4.69) is 29.8 Å². The lowest BCUT2D eigenvalue weighted by Gasteiger charge is -2.18. The van der Waals surface area contributed by atoms with Gasteiger partial charge in [-0.2, -0.15) is 0 Å². The Morgan fingerprint density at radius 1 is 1.28 bits per heavy atom. The number of ether oxygens (including phenoxy) is 2. The minimum Gasteiger partial charge on any atom is -0.496 e. The van der Waals surface area contributed by atoms with Gasteiger partial charge in [-0.05, 0) is 45.8 Å². The van der Waals surface area contributed by atoms with Crippen molar-refractivity contribution in [3.8, 4) is 11.5 Å². The van der Waals surface area contributed by atoms with E-state index in [1.165, 1.54) is 0 Å². The molecule has 0 saturated heterocycles. The van der Waals surface area contributed by atoms with Gasteiger partial charge >= 0.3 is 0 Å². The normalized spacial score (nSPS) is 22.4. The van der Waals surface area contributed by atoms with Crippen LogP contribution in [0.15, 0.2) is 16.6 Å². The number of rotatable bonds is 4. The van der Waals surface area contributed by atoms with Crippen LogP contribution in [-0.2, 0) is 0 Å². The first-order valence-corrected chi connectivity index (χ1v) is 6.79. The highest BCUT2D eigenvalue weighted by molar-refractivity contribution is 9.10. The van der Waals surface area contributed by atoms with Gasteiger partial charge in [0.05, 0.1) is 24.8 Å². The standard InChI is InChI=1S/C14H19BrO3/c1-14(2)7-9(14)13(16)8-5-12(18-4)10(15)6-11(8)17-3/h5-6,9,13,16H,7H2,1-4H3. The lowest BCUT2D eigenvalue weighted by molar-refractivity contribution is 0.134. The van der Waals surface area contributed by atoms with E-state index in [1.807, 2.05) is 12.1 Å². The molecule has 4 heteroatoms. The van der Waals surface area contributed by atoms with Crippen LogP contribution in [0.2, 0.25) is 0 Å². The Bertz CT molecular complexity index is 457. The van der Waals surface area contributed by atoms with E-state index in [9.17, 15) is 5.11 Å². The number of hydrogen-bond donors (Lipinski definition) is 1. The van der Waals surface area contributed by atoms with Crippen LogP contribution in [0.4, 0.5) is 0 Å². The second-order valence-corrected chi connectivity index (χ2v) is 6.33. The molecule has 1 fully saturated rings. The largest absolute Gasteiger partial charge is 0.496 e. The van der Waals surface area contributed by atoms with E-state index in [0.717, 1.165) is 16.5 Å².